The maximum absolute atomic E-state index is 12.4. The number of fused-ring (bicyclic) bond motifs is 1. The lowest BCUT2D eigenvalue weighted by molar-refractivity contribution is 0.0946. The minimum absolute atomic E-state index is 0.125. The number of nitrogens with one attached hydrogen (secondary N) is 2. The SMILES string of the molecule is Cc1c(C(=O)NCCN2CCS(=O)(=O)CC2)c(=O)[nH]c2ccccc12. The van der Waals surface area contributed by atoms with Crippen LogP contribution in [0.1, 0.15) is 15.9 Å². The summed E-state index contributed by atoms with van der Waals surface area (Å²) in [7, 11) is -2.91. The zero-order valence-corrected chi connectivity index (χ0v) is 14.9. The first-order chi connectivity index (χ1) is 11.9. The van der Waals surface area contributed by atoms with Crippen LogP contribution in [-0.2, 0) is 9.84 Å². The summed E-state index contributed by atoms with van der Waals surface area (Å²) < 4.78 is 22.8. The highest BCUT2D eigenvalue weighted by atomic mass is 32.2. The summed E-state index contributed by atoms with van der Waals surface area (Å²) in [5.41, 5.74) is 1.08. The monoisotopic (exact) mass is 363 g/mol. The van der Waals surface area contributed by atoms with Gasteiger partial charge < -0.3 is 10.3 Å². The number of rotatable bonds is 4. The highest BCUT2D eigenvalue weighted by Crippen LogP contribution is 2.16. The minimum atomic E-state index is -2.91. The molecule has 3 rings (SSSR count). The molecule has 2 heterocycles. The molecule has 25 heavy (non-hydrogen) atoms. The molecule has 1 fully saturated rings. The van der Waals surface area contributed by atoms with Crippen LogP contribution in [0.5, 0.6) is 0 Å². The lowest BCUT2D eigenvalue weighted by atomic mass is 10.0. The summed E-state index contributed by atoms with van der Waals surface area (Å²) in [6.45, 7) is 3.65. The number of hydrogen-bond donors (Lipinski definition) is 2. The second kappa shape index (κ2) is 6.97. The lowest BCUT2D eigenvalue weighted by Crippen LogP contribution is -2.44. The van der Waals surface area contributed by atoms with Crippen molar-refractivity contribution in [3.8, 4) is 0 Å². The van der Waals surface area contributed by atoms with Crippen molar-refractivity contribution in [1.29, 1.82) is 0 Å². The molecule has 8 heteroatoms. The van der Waals surface area contributed by atoms with E-state index in [0.717, 1.165) is 5.39 Å². The Balaban J connectivity index is 1.66. The van der Waals surface area contributed by atoms with Gasteiger partial charge in [-0.1, -0.05) is 18.2 Å². The van der Waals surface area contributed by atoms with Crippen LogP contribution in [0.4, 0.5) is 0 Å². The first kappa shape index (κ1) is 17.6. The second-order valence-electron chi connectivity index (χ2n) is 6.25. The number of aromatic nitrogens is 1. The van der Waals surface area contributed by atoms with Crippen LogP contribution >= 0.6 is 0 Å². The summed E-state index contributed by atoms with van der Waals surface area (Å²) >= 11 is 0. The number of aryl methyl sites for hydroxylation is 1. The molecule has 1 amide bonds. The van der Waals surface area contributed by atoms with Crippen LogP contribution in [0.2, 0.25) is 0 Å². The van der Waals surface area contributed by atoms with E-state index in [1.807, 2.05) is 23.1 Å². The van der Waals surface area contributed by atoms with Gasteiger partial charge in [0.25, 0.3) is 11.5 Å². The highest BCUT2D eigenvalue weighted by molar-refractivity contribution is 7.91. The van der Waals surface area contributed by atoms with Crippen molar-refractivity contribution in [2.45, 2.75) is 6.92 Å². The molecule has 0 spiro atoms. The predicted octanol–water partition coefficient (Wildman–Crippen LogP) is 0.297. The Labute approximate surface area is 146 Å². The average Bonchev–Trinajstić information content (AvgIpc) is 2.56. The molecule has 0 unspecified atom stereocenters. The van der Waals surface area contributed by atoms with Gasteiger partial charge in [-0.15, -0.1) is 0 Å². The Morgan fingerprint density at radius 1 is 1.24 bits per heavy atom. The van der Waals surface area contributed by atoms with Gasteiger partial charge in [-0.25, -0.2) is 8.42 Å². The number of amides is 1. The summed E-state index contributed by atoms with van der Waals surface area (Å²) in [5.74, 6) is -0.0939. The fraction of sp³-hybridized carbons (Fsp3) is 0.412. The topological polar surface area (TPSA) is 99.3 Å². The lowest BCUT2D eigenvalue weighted by Gasteiger charge is -2.26. The maximum atomic E-state index is 12.4. The largest absolute Gasteiger partial charge is 0.351 e. The quantitative estimate of drug-likeness (QED) is 0.814. The first-order valence-corrected chi connectivity index (χ1v) is 10.0. The Kier molecular flexibility index (Phi) is 4.91. The zero-order valence-electron chi connectivity index (χ0n) is 14.0. The van der Waals surface area contributed by atoms with Gasteiger partial charge in [0.1, 0.15) is 5.56 Å². The van der Waals surface area contributed by atoms with Crippen molar-refractivity contribution in [2.24, 2.45) is 0 Å². The molecule has 1 aliphatic rings. The van der Waals surface area contributed by atoms with E-state index in [4.69, 9.17) is 0 Å². The number of sulfone groups is 1. The fourth-order valence-corrected chi connectivity index (χ4v) is 4.35. The van der Waals surface area contributed by atoms with Crippen molar-refractivity contribution in [3.63, 3.8) is 0 Å². The van der Waals surface area contributed by atoms with Crippen LogP contribution in [0.25, 0.3) is 10.9 Å². The minimum Gasteiger partial charge on any atom is -0.351 e. The molecule has 134 valence electrons. The third-order valence-corrected chi connectivity index (χ3v) is 6.17. The van der Waals surface area contributed by atoms with Crippen LogP contribution in [0, 0.1) is 6.92 Å². The molecule has 1 aliphatic heterocycles. The summed E-state index contributed by atoms with van der Waals surface area (Å²) in [4.78, 5) is 29.4. The fourth-order valence-electron chi connectivity index (χ4n) is 3.07. The van der Waals surface area contributed by atoms with Crippen molar-refractivity contribution in [1.82, 2.24) is 15.2 Å². The molecule has 2 N–H and O–H groups in total. The van der Waals surface area contributed by atoms with Crippen molar-refractivity contribution in [2.75, 3.05) is 37.7 Å². The standard InChI is InChI=1S/C17H21N3O4S/c1-12-13-4-2-3-5-14(13)19-17(22)15(12)16(21)18-6-7-20-8-10-25(23,24)11-9-20/h2-5H,6-11H2,1H3,(H,18,21)(H,19,22). The number of pyridine rings is 1. The second-order valence-corrected chi connectivity index (χ2v) is 8.55. The molecule has 7 nitrogen and oxygen atoms in total. The molecule has 1 aromatic carbocycles. The third-order valence-electron chi connectivity index (χ3n) is 4.56. The number of hydrogen-bond acceptors (Lipinski definition) is 5. The van der Waals surface area contributed by atoms with Crippen LogP contribution in [0.3, 0.4) is 0 Å². The van der Waals surface area contributed by atoms with E-state index in [1.54, 1.807) is 13.0 Å². The number of para-hydroxylation sites is 1. The van der Waals surface area contributed by atoms with E-state index < -0.39 is 21.3 Å². The Morgan fingerprint density at radius 3 is 2.64 bits per heavy atom. The van der Waals surface area contributed by atoms with Gasteiger partial charge in [-0.3, -0.25) is 14.5 Å². The van der Waals surface area contributed by atoms with Crippen LogP contribution in [0.15, 0.2) is 29.1 Å². The molecule has 1 saturated heterocycles. The Morgan fingerprint density at radius 2 is 1.92 bits per heavy atom. The molecule has 0 radical (unpaired) electrons. The van der Waals surface area contributed by atoms with E-state index >= 15 is 0 Å². The normalized spacial score (nSPS) is 17.5. The molecule has 1 aromatic heterocycles. The number of nitrogens with zero attached hydrogens (tertiary/aromatic N) is 1. The van der Waals surface area contributed by atoms with E-state index in [0.29, 0.717) is 37.3 Å². The molecular formula is C17H21N3O4S. The average molecular weight is 363 g/mol. The Hall–Kier alpha value is -2.19. The molecule has 0 bridgehead atoms. The van der Waals surface area contributed by atoms with E-state index in [9.17, 15) is 18.0 Å². The Bertz CT molecular complexity index is 952. The summed E-state index contributed by atoms with van der Waals surface area (Å²) in [6.07, 6.45) is 0. The predicted molar refractivity (Wildman–Crippen MR) is 96.7 cm³/mol. The number of aromatic amines is 1. The zero-order chi connectivity index (χ0) is 18.0. The van der Waals surface area contributed by atoms with Gasteiger partial charge in [0.2, 0.25) is 0 Å². The molecule has 0 atom stereocenters. The number of carbonyl (C=O) groups is 1. The van der Waals surface area contributed by atoms with Crippen molar-refractivity contribution < 1.29 is 13.2 Å². The molecule has 0 aliphatic carbocycles. The van der Waals surface area contributed by atoms with E-state index in [-0.39, 0.29) is 17.1 Å². The number of carbonyl (C=O) groups excluding carboxylic acids is 1. The van der Waals surface area contributed by atoms with Crippen LogP contribution in [-0.4, -0.2) is 61.9 Å². The van der Waals surface area contributed by atoms with Gasteiger partial charge in [0, 0.05) is 37.1 Å². The maximum Gasteiger partial charge on any atom is 0.261 e. The smallest absolute Gasteiger partial charge is 0.261 e. The highest BCUT2D eigenvalue weighted by Gasteiger charge is 2.21. The van der Waals surface area contributed by atoms with Crippen molar-refractivity contribution in [3.05, 3.63) is 45.7 Å². The van der Waals surface area contributed by atoms with Gasteiger partial charge >= 0.3 is 0 Å². The van der Waals surface area contributed by atoms with Gasteiger partial charge in [-0.2, -0.15) is 0 Å². The van der Waals surface area contributed by atoms with Crippen LogP contribution < -0.4 is 10.9 Å². The summed E-state index contributed by atoms with van der Waals surface area (Å²) in [5, 5.41) is 3.60. The molecule has 2 aromatic rings. The number of H-pyrrole nitrogens is 1. The third kappa shape index (κ3) is 3.91. The number of benzene rings is 1. The summed E-state index contributed by atoms with van der Waals surface area (Å²) in [6, 6.07) is 7.36. The van der Waals surface area contributed by atoms with Gasteiger partial charge in [0.15, 0.2) is 9.84 Å². The first-order valence-electron chi connectivity index (χ1n) is 8.20. The van der Waals surface area contributed by atoms with Crippen molar-refractivity contribution >= 4 is 26.6 Å². The van der Waals surface area contributed by atoms with Gasteiger partial charge in [-0.05, 0) is 18.6 Å². The molecule has 0 saturated carbocycles. The van der Waals surface area contributed by atoms with E-state index in [1.165, 1.54) is 0 Å². The molecular weight excluding hydrogens is 342 g/mol. The van der Waals surface area contributed by atoms with Gasteiger partial charge in [0.05, 0.1) is 11.5 Å². The van der Waals surface area contributed by atoms with E-state index in [2.05, 4.69) is 10.3 Å².